The van der Waals surface area contributed by atoms with Crippen molar-refractivity contribution in [2.75, 3.05) is 5.73 Å². The van der Waals surface area contributed by atoms with Crippen molar-refractivity contribution in [3.8, 4) is 0 Å². The molecule has 3 rings (SSSR count). The summed E-state index contributed by atoms with van der Waals surface area (Å²) in [7, 11) is 0. The van der Waals surface area contributed by atoms with Crippen molar-refractivity contribution >= 4 is 44.5 Å². The first-order chi connectivity index (χ1) is 9.16. The molecule has 94 valence electrons. The summed E-state index contributed by atoms with van der Waals surface area (Å²) in [6.45, 7) is 0. The SMILES string of the molecule is Nc1ccc(C(=O)c2csc3ccccc23)c(Cl)c1. The summed E-state index contributed by atoms with van der Waals surface area (Å²) in [5.74, 6) is -0.0672. The van der Waals surface area contributed by atoms with Crippen molar-refractivity contribution in [3.05, 3.63) is 64.0 Å². The number of carbonyl (C=O) groups is 1. The second kappa shape index (κ2) is 4.68. The van der Waals surface area contributed by atoms with Crippen LogP contribution in [0.25, 0.3) is 10.1 Å². The van der Waals surface area contributed by atoms with E-state index in [2.05, 4.69) is 0 Å². The molecule has 0 saturated heterocycles. The minimum Gasteiger partial charge on any atom is -0.399 e. The van der Waals surface area contributed by atoms with E-state index in [0.717, 1.165) is 10.1 Å². The third-order valence-corrected chi connectivity index (χ3v) is 4.24. The number of fused-ring (bicyclic) bond motifs is 1. The fraction of sp³-hybridized carbons (Fsp3) is 0. The highest BCUT2D eigenvalue weighted by atomic mass is 35.5. The molecule has 2 aromatic carbocycles. The maximum absolute atomic E-state index is 12.5. The van der Waals surface area contributed by atoms with Gasteiger partial charge in [-0.1, -0.05) is 29.8 Å². The Morgan fingerprint density at radius 1 is 1.11 bits per heavy atom. The van der Waals surface area contributed by atoms with Gasteiger partial charge in [0.15, 0.2) is 5.78 Å². The number of ketones is 1. The van der Waals surface area contributed by atoms with Crippen LogP contribution in [0.3, 0.4) is 0 Å². The molecule has 1 heterocycles. The van der Waals surface area contributed by atoms with Crippen molar-refractivity contribution in [1.82, 2.24) is 0 Å². The first-order valence-corrected chi connectivity index (χ1v) is 6.98. The fourth-order valence-corrected chi connectivity index (χ4v) is 3.23. The van der Waals surface area contributed by atoms with Gasteiger partial charge in [-0.15, -0.1) is 11.3 Å². The quantitative estimate of drug-likeness (QED) is 0.562. The Labute approximate surface area is 119 Å². The van der Waals surface area contributed by atoms with Gasteiger partial charge >= 0.3 is 0 Å². The lowest BCUT2D eigenvalue weighted by Gasteiger charge is -2.03. The van der Waals surface area contributed by atoms with Gasteiger partial charge in [0.2, 0.25) is 0 Å². The lowest BCUT2D eigenvalue weighted by Crippen LogP contribution is -2.01. The molecular weight excluding hydrogens is 278 g/mol. The topological polar surface area (TPSA) is 43.1 Å². The van der Waals surface area contributed by atoms with E-state index in [9.17, 15) is 4.79 Å². The van der Waals surface area contributed by atoms with Crippen molar-refractivity contribution in [2.45, 2.75) is 0 Å². The molecule has 0 radical (unpaired) electrons. The summed E-state index contributed by atoms with van der Waals surface area (Å²) in [6, 6.07) is 12.8. The molecule has 0 spiro atoms. The van der Waals surface area contributed by atoms with E-state index in [1.165, 1.54) is 0 Å². The molecular formula is C15H10ClNOS. The van der Waals surface area contributed by atoms with Crippen LogP contribution in [-0.2, 0) is 0 Å². The molecule has 3 aromatic rings. The highest BCUT2D eigenvalue weighted by molar-refractivity contribution is 7.17. The van der Waals surface area contributed by atoms with Gasteiger partial charge < -0.3 is 5.73 Å². The maximum atomic E-state index is 12.5. The van der Waals surface area contributed by atoms with Crippen molar-refractivity contribution in [1.29, 1.82) is 0 Å². The Kier molecular flexibility index (Phi) is 3.01. The second-order valence-corrected chi connectivity index (χ2v) is 5.53. The van der Waals surface area contributed by atoms with E-state index in [1.807, 2.05) is 29.6 Å². The molecule has 0 aliphatic carbocycles. The zero-order valence-corrected chi connectivity index (χ0v) is 11.5. The highest BCUT2D eigenvalue weighted by Gasteiger charge is 2.16. The lowest BCUT2D eigenvalue weighted by atomic mass is 10.0. The Bertz CT molecular complexity index is 779. The van der Waals surface area contributed by atoms with Gasteiger partial charge in [-0.2, -0.15) is 0 Å². The average Bonchev–Trinajstić information content (AvgIpc) is 2.82. The molecule has 0 amide bonds. The summed E-state index contributed by atoms with van der Waals surface area (Å²) < 4.78 is 1.09. The first kappa shape index (κ1) is 12.2. The number of benzene rings is 2. The molecule has 0 aliphatic heterocycles. The van der Waals surface area contributed by atoms with Gasteiger partial charge in [-0.25, -0.2) is 0 Å². The number of anilines is 1. The van der Waals surface area contributed by atoms with Gasteiger partial charge in [0.25, 0.3) is 0 Å². The first-order valence-electron chi connectivity index (χ1n) is 5.73. The number of carbonyl (C=O) groups excluding carboxylic acids is 1. The van der Waals surface area contributed by atoms with Gasteiger partial charge in [0.1, 0.15) is 0 Å². The number of nitrogen functional groups attached to an aromatic ring is 1. The van der Waals surface area contributed by atoms with Crippen molar-refractivity contribution in [3.63, 3.8) is 0 Å². The molecule has 0 saturated carbocycles. The smallest absolute Gasteiger partial charge is 0.195 e. The van der Waals surface area contributed by atoms with Crippen LogP contribution in [0, 0.1) is 0 Å². The average molecular weight is 288 g/mol. The predicted molar refractivity (Wildman–Crippen MR) is 81.1 cm³/mol. The predicted octanol–water partition coefficient (Wildman–Crippen LogP) is 4.37. The van der Waals surface area contributed by atoms with E-state index in [-0.39, 0.29) is 5.78 Å². The molecule has 4 heteroatoms. The fourth-order valence-electron chi connectivity index (χ4n) is 2.01. The van der Waals surface area contributed by atoms with E-state index in [0.29, 0.717) is 21.8 Å². The van der Waals surface area contributed by atoms with Gasteiger partial charge in [-0.3, -0.25) is 4.79 Å². The molecule has 2 nitrogen and oxygen atoms in total. The number of hydrogen-bond acceptors (Lipinski definition) is 3. The van der Waals surface area contributed by atoms with Crippen molar-refractivity contribution < 1.29 is 4.79 Å². The van der Waals surface area contributed by atoms with Crippen LogP contribution >= 0.6 is 22.9 Å². The molecule has 2 N–H and O–H groups in total. The highest BCUT2D eigenvalue weighted by Crippen LogP contribution is 2.30. The summed E-state index contributed by atoms with van der Waals surface area (Å²) in [6.07, 6.45) is 0. The standard InChI is InChI=1S/C15H10ClNOS/c16-13-7-9(17)5-6-11(13)15(18)12-8-19-14-4-2-1-3-10(12)14/h1-8H,17H2. The molecule has 0 aliphatic rings. The zero-order chi connectivity index (χ0) is 13.4. The Hall–Kier alpha value is -1.84. The minimum absolute atomic E-state index is 0.0672. The van der Waals surface area contributed by atoms with Gasteiger partial charge in [0.05, 0.1) is 5.02 Å². The van der Waals surface area contributed by atoms with Gasteiger partial charge in [0, 0.05) is 32.3 Å². The number of rotatable bonds is 2. The molecule has 0 fully saturated rings. The summed E-state index contributed by atoms with van der Waals surface area (Å²) in [5.41, 5.74) is 7.37. The number of thiophene rings is 1. The Morgan fingerprint density at radius 2 is 1.89 bits per heavy atom. The van der Waals surface area contributed by atoms with Crippen LogP contribution in [0.5, 0.6) is 0 Å². The minimum atomic E-state index is -0.0672. The molecule has 0 bridgehead atoms. The van der Waals surface area contributed by atoms with Crippen LogP contribution in [0.2, 0.25) is 5.02 Å². The Balaban J connectivity index is 2.13. The second-order valence-electron chi connectivity index (χ2n) is 4.21. The van der Waals surface area contributed by atoms with Crippen LogP contribution in [-0.4, -0.2) is 5.78 Å². The monoisotopic (exact) mass is 287 g/mol. The maximum Gasteiger partial charge on any atom is 0.195 e. The van der Waals surface area contributed by atoms with Crippen LogP contribution in [0.1, 0.15) is 15.9 Å². The normalized spacial score (nSPS) is 10.8. The number of nitrogens with two attached hydrogens (primary N) is 1. The van der Waals surface area contributed by atoms with Crippen LogP contribution in [0.15, 0.2) is 47.8 Å². The van der Waals surface area contributed by atoms with E-state index in [4.69, 9.17) is 17.3 Å². The molecule has 1 aromatic heterocycles. The third-order valence-electron chi connectivity index (χ3n) is 2.96. The third kappa shape index (κ3) is 2.11. The molecule has 0 atom stereocenters. The summed E-state index contributed by atoms with van der Waals surface area (Å²) >= 11 is 7.65. The lowest BCUT2D eigenvalue weighted by molar-refractivity contribution is 0.104. The zero-order valence-electron chi connectivity index (χ0n) is 9.89. The van der Waals surface area contributed by atoms with Crippen LogP contribution < -0.4 is 5.73 Å². The number of halogens is 1. The van der Waals surface area contributed by atoms with E-state index >= 15 is 0 Å². The summed E-state index contributed by atoms with van der Waals surface area (Å²) in [5, 5.41) is 3.23. The van der Waals surface area contributed by atoms with Crippen LogP contribution in [0.4, 0.5) is 5.69 Å². The molecule has 19 heavy (non-hydrogen) atoms. The van der Waals surface area contributed by atoms with Gasteiger partial charge in [-0.05, 0) is 24.3 Å². The summed E-state index contributed by atoms with van der Waals surface area (Å²) in [4.78, 5) is 12.5. The Morgan fingerprint density at radius 3 is 2.68 bits per heavy atom. The largest absolute Gasteiger partial charge is 0.399 e. The van der Waals surface area contributed by atoms with Crippen molar-refractivity contribution in [2.24, 2.45) is 0 Å². The van der Waals surface area contributed by atoms with E-state index < -0.39 is 0 Å². The molecule has 0 unspecified atom stereocenters. The number of hydrogen-bond donors (Lipinski definition) is 1. The van der Waals surface area contributed by atoms with E-state index in [1.54, 1.807) is 29.5 Å².